The first-order valence-electron chi connectivity index (χ1n) is 4.60. The number of aromatic hydroxyl groups is 1. The molecular formula is C11H12O6S. The van der Waals surface area contributed by atoms with Crippen molar-refractivity contribution >= 4 is 22.7 Å². The van der Waals surface area contributed by atoms with Crippen LogP contribution in [0, 0.1) is 0 Å². The molecule has 3 N–H and O–H groups in total. The number of para-hydroxylation sites is 1. The van der Waals surface area contributed by atoms with Gasteiger partial charge in [-0.2, -0.15) is 0 Å². The third-order valence-electron chi connectivity index (χ3n) is 1.54. The summed E-state index contributed by atoms with van der Waals surface area (Å²) in [5, 5.41) is 24.7. The molecule has 1 rings (SSSR count). The number of carboxylic acid groups (broad SMARTS) is 2. The number of hydrogen-bond donors (Lipinski definition) is 3. The van der Waals surface area contributed by atoms with E-state index in [1.54, 1.807) is 18.2 Å². The molecule has 0 radical (unpaired) electrons. The molecule has 0 aliphatic carbocycles. The van der Waals surface area contributed by atoms with Crippen molar-refractivity contribution in [2.45, 2.75) is 4.90 Å². The van der Waals surface area contributed by atoms with Gasteiger partial charge in [-0.25, -0.2) is 9.59 Å². The van der Waals surface area contributed by atoms with E-state index in [-0.39, 0.29) is 5.75 Å². The van der Waals surface area contributed by atoms with Gasteiger partial charge in [-0.3, -0.25) is 4.21 Å². The highest BCUT2D eigenvalue weighted by molar-refractivity contribution is 7.84. The highest BCUT2D eigenvalue weighted by Crippen LogP contribution is 2.17. The minimum atomic E-state index is -1.26. The lowest BCUT2D eigenvalue weighted by Gasteiger charge is -1.97. The molecule has 18 heavy (non-hydrogen) atoms. The van der Waals surface area contributed by atoms with Crippen LogP contribution in [0.3, 0.4) is 0 Å². The molecule has 0 bridgehead atoms. The van der Waals surface area contributed by atoms with Gasteiger partial charge in [-0.1, -0.05) is 12.1 Å². The molecule has 7 heteroatoms. The number of rotatable bonds is 3. The summed E-state index contributed by atoms with van der Waals surface area (Å²) in [6.07, 6.45) is 2.65. The summed E-state index contributed by atoms with van der Waals surface area (Å²) >= 11 is 0. The van der Waals surface area contributed by atoms with Crippen LogP contribution in [-0.4, -0.2) is 37.7 Å². The Hall–Kier alpha value is -2.15. The van der Waals surface area contributed by atoms with E-state index in [1.165, 1.54) is 12.3 Å². The highest BCUT2D eigenvalue weighted by Gasteiger charge is 2.00. The van der Waals surface area contributed by atoms with Crippen molar-refractivity contribution in [3.63, 3.8) is 0 Å². The van der Waals surface area contributed by atoms with Crippen molar-refractivity contribution in [2.75, 3.05) is 6.26 Å². The van der Waals surface area contributed by atoms with Gasteiger partial charge in [-0.15, -0.1) is 0 Å². The van der Waals surface area contributed by atoms with E-state index >= 15 is 0 Å². The summed E-state index contributed by atoms with van der Waals surface area (Å²) in [4.78, 5) is 19.6. The molecule has 0 heterocycles. The summed E-state index contributed by atoms with van der Waals surface area (Å²) < 4.78 is 10.8. The van der Waals surface area contributed by atoms with Gasteiger partial charge in [0.2, 0.25) is 0 Å². The molecule has 98 valence electrons. The summed E-state index contributed by atoms with van der Waals surface area (Å²) in [7, 11) is -1.09. The first-order chi connectivity index (χ1) is 8.34. The van der Waals surface area contributed by atoms with E-state index < -0.39 is 22.7 Å². The summed E-state index contributed by atoms with van der Waals surface area (Å²) in [6.45, 7) is 0. The molecule has 6 nitrogen and oxygen atoms in total. The molecule has 1 unspecified atom stereocenters. The van der Waals surface area contributed by atoms with Gasteiger partial charge in [0.1, 0.15) is 5.75 Å². The first-order valence-corrected chi connectivity index (χ1v) is 6.15. The number of carbonyl (C=O) groups is 2. The molecule has 1 aromatic carbocycles. The van der Waals surface area contributed by atoms with Gasteiger partial charge in [0.25, 0.3) is 0 Å². The van der Waals surface area contributed by atoms with Crippen LogP contribution < -0.4 is 0 Å². The quantitative estimate of drug-likeness (QED) is 0.703. The second kappa shape index (κ2) is 8.02. The number of hydrogen-bond acceptors (Lipinski definition) is 4. The van der Waals surface area contributed by atoms with Gasteiger partial charge >= 0.3 is 11.9 Å². The second-order valence-corrected chi connectivity index (χ2v) is 4.28. The average molecular weight is 272 g/mol. The van der Waals surface area contributed by atoms with Crippen LogP contribution in [0.15, 0.2) is 41.3 Å². The minimum Gasteiger partial charge on any atom is -0.507 e. The van der Waals surface area contributed by atoms with Crippen LogP contribution in [-0.2, 0) is 20.4 Å². The second-order valence-electron chi connectivity index (χ2n) is 2.93. The van der Waals surface area contributed by atoms with Crippen molar-refractivity contribution in [3.8, 4) is 5.75 Å². The lowest BCUT2D eigenvalue weighted by Crippen LogP contribution is -1.91. The van der Waals surface area contributed by atoms with Crippen LogP contribution in [0.5, 0.6) is 5.75 Å². The molecule has 0 saturated heterocycles. The number of carboxylic acids is 2. The molecule has 1 atom stereocenters. The molecule has 0 spiro atoms. The predicted molar refractivity (Wildman–Crippen MR) is 64.9 cm³/mol. The van der Waals surface area contributed by atoms with E-state index in [0.29, 0.717) is 17.0 Å². The Labute approximate surface area is 106 Å². The number of benzene rings is 1. The largest absolute Gasteiger partial charge is 0.507 e. The molecule has 0 aliphatic rings. The minimum absolute atomic E-state index is 0.100. The summed E-state index contributed by atoms with van der Waals surface area (Å²) in [5.41, 5.74) is 0. The zero-order valence-electron chi connectivity index (χ0n) is 9.44. The van der Waals surface area contributed by atoms with Crippen LogP contribution in [0.2, 0.25) is 0 Å². The van der Waals surface area contributed by atoms with Gasteiger partial charge in [0, 0.05) is 18.4 Å². The number of phenolic OH excluding ortho intramolecular Hbond substituents is 1. The third-order valence-corrected chi connectivity index (χ3v) is 2.51. The molecule has 0 saturated carbocycles. The van der Waals surface area contributed by atoms with E-state index in [4.69, 9.17) is 15.3 Å². The van der Waals surface area contributed by atoms with Crippen LogP contribution in [0.25, 0.3) is 0 Å². The van der Waals surface area contributed by atoms with Gasteiger partial charge < -0.3 is 15.3 Å². The maximum absolute atomic E-state index is 10.8. The SMILES string of the molecule is CS(=O)c1ccccc1O.O=C(O)/C=C\C(=O)O. The Morgan fingerprint density at radius 2 is 1.56 bits per heavy atom. The van der Waals surface area contributed by atoms with Gasteiger partial charge in [-0.05, 0) is 12.1 Å². The van der Waals surface area contributed by atoms with Gasteiger partial charge in [0.05, 0.1) is 15.7 Å². The lowest BCUT2D eigenvalue weighted by molar-refractivity contribution is -0.134. The summed E-state index contributed by atoms with van der Waals surface area (Å²) in [6, 6.07) is 6.62. The Morgan fingerprint density at radius 3 is 1.83 bits per heavy atom. The molecule has 0 aromatic heterocycles. The monoisotopic (exact) mass is 272 g/mol. The van der Waals surface area contributed by atoms with Crippen molar-refractivity contribution in [1.29, 1.82) is 0 Å². The summed E-state index contributed by atoms with van der Waals surface area (Å²) in [5.74, 6) is -2.41. The Kier molecular flexibility index (Phi) is 7.06. The van der Waals surface area contributed by atoms with Crippen LogP contribution >= 0.6 is 0 Å². The van der Waals surface area contributed by atoms with E-state index in [0.717, 1.165) is 0 Å². The molecule has 0 amide bonds. The normalized spacial score (nSPS) is 11.4. The van der Waals surface area contributed by atoms with E-state index in [1.807, 2.05) is 0 Å². The Balaban J connectivity index is 0.000000331. The van der Waals surface area contributed by atoms with Crippen molar-refractivity contribution in [1.82, 2.24) is 0 Å². The number of phenols is 1. The fourth-order valence-corrected chi connectivity index (χ4v) is 1.48. The maximum Gasteiger partial charge on any atom is 0.328 e. The van der Waals surface area contributed by atoms with Gasteiger partial charge in [0.15, 0.2) is 0 Å². The third kappa shape index (κ3) is 7.18. The fourth-order valence-electron chi connectivity index (χ4n) is 0.843. The zero-order valence-corrected chi connectivity index (χ0v) is 10.3. The standard InChI is InChI=1S/C7H8O2S.C4H4O4/c1-10(9)7-5-3-2-4-6(7)8;5-3(6)1-2-4(7)8/h2-5,8H,1H3;1-2H,(H,5,6)(H,7,8)/b;2-1-. The molecule has 0 aliphatic heterocycles. The van der Waals surface area contributed by atoms with Crippen LogP contribution in [0.4, 0.5) is 0 Å². The van der Waals surface area contributed by atoms with E-state index in [9.17, 15) is 13.8 Å². The van der Waals surface area contributed by atoms with Crippen molar-refractivity contribution < 1.29 is 29.1 Å². The molecular weight excluding hydrogens is 260 g/mol. The topological polar surface area (TPSA) is 112 Å². The van der Waals surface area contributed by atoms with Crippen molar-refractivity contribution in [3.05, 3.63) is 36.4 Å². The average Bonchev–Trinajstić information content (AvgIpc) is 2.27. The zero-order chi connectivity index (χ0) is 14.1. The molecule has 0 fully saturated rings. The highest BCUT2D eigenvalue weighted by atomic mass is 32.2. The number of aliphatic carboxylic acids is 2. The van der Waals surface area contributed by atoms with Crippen molar-refractivity contribution in [2.24, 2.45) is 0 Å². The lowest BCUT2D eigenvalue weighted by atomic mass is 10.3. The predicted octanol–water partition coefficient (Wildman–Crippen LogP) is 0.841. The Morgan fingerprint density at radius 1 is 1.11 bits per heavy atom. The molecule has 1 aromatic rings. The smallest absolute Gasteiger partial charge is 0.328 e. The van der Waals surface area contributed by atoms with E-state index in [2.05, 4.69) is 0 Å². The first kappa shape index (κ1) is 15.9. The Bertz CT molecular complexity index is 464. The maximum atomic E-state index is 10.8. The van der Waals surface area contributed by atoms with Crippen LogP contribution in [0.1, 0.15) is 0 Å². The fraction of sp³-hybridized carbons (Fsp3) is 0.0909.